The van der Waals surface area contributed by atoms with Crippen LogP contribution in [-0.4, -0.2) is 14.9 Å². The van der Waals surface area contributed by atoms with E-state index in [9.17, 15) is 10.1 Å². The third-order valence-corrected chi connectivity index (χ3v) is 3.58. The van der Waals surface area contributed by atoms with Crippen molar-refractivity contribution in [2.24, 2.45) is 0 Å². The largest absolute Gasteiger partial charge is 0.434 e. The molecule has 0 spiro atoms. The van der Waals surface area contributed by atoms with E-state index in [1.165, 1.54) is 6.33 Å². The minimum absolute atomic E-state index is 0.103. The minimum atomic E-state index is -0.543. The zero-order valence-electron chi connectivity index (χ0n) is 13.5. The molecule has 0 saturated carbocycles. The molecule has 0 amide bonds. The van der Waals surface area contributed by atoms with E-state index in [1.807, 2.05) is 43.3 Å². The Hall–Kier alpha value is -3.48. The summed E-state index contributed by atoms with van der Waals surface area (Å²) in [5.74, 6) is 0.475. The van der Waals surface area contributed by atoms with Crippen LogP contribution in [0.15, 0.2) is 67.0 Å². The van der Waals surface area contributed by atoms with Gasteiger partial charge in [0.2, 0.25) is 5.82 Å². The lowest BCUT2D eigenvalue weighted by atomic mass is 10.1. The topological polar surface area (TPSA) is 90.2 Å². The quantitative estimate of drug-likeness (QED) is 0.531. The van der Waals surface area contributed by atoms with Gasteiger partial charge in [0.25, 0.3) is 0 Å². The van der Waals surface area contributed by atoms with E-state index in [-0.39, 0.29) is 23.4 Å². The van der Waals surface area contributed by atoms with Gasteiger partial charge >= 0.3 is 11.6 Å². The number of hydrogen-bond donors (Lipinski definition) is 1. The summed E-state index contributed by atoms with van der Waals surface area (Å²) in [6.45, 7) is 1.90. The molecule has 126 valence electrons. The minimum Gasteiger partial charge on any atom is -0.434 e. The highest BCUT2D eigenvalue weighted by Gasteiger charge is 2.26. The normalized spacial score (nSPS) is 11.6. The molecule has 0 fully saturated rings. The van der Waals surface area contributed by atoms with Gasteiger partial charge in [-0.05, 0) is 24.6 Å². The van der Waals surface area contributed by atoms with Gasteiger partial charge in [-0.3, -0.25) is 10.1 Å². The van der Waals surface area contributed by atoms with Gasteiger partial charge in [-0.25, -0.2) is 4.98 Å². The Morgan fingerprint density at radius 3 is 2.32 bits per heavy atom. The zero-order chi connectivity index (χ0) is 17.6. The first-order chi connectivity index (χ1) is 12.1. The van der Waals surface area contributed by atoms with Gasteiger partial charge in [0.1, 0.15) is 12.1 Å². The van der Waals surface area contributed by atoms with E-state index in [2.05, 4.69) is 15.3 Å². The number of anilines is 1. The number of hydrogen-bond acceptors (Lipinski definition) is 6. The van der Waals surface area contributed by atoms with Gasteiger partial charge in [0.05, 0.1) is 11.0 Å². The molecule has 2 aromatic carbocycles. The predicted octanol–water partition coefficient (Wildman–Crippen LogP) is 4.35. The zero-order valence-corrected chi connectivity index (χ0v) is 13.5. The summed E-state index contributed by atoms with van der Waals surface area (Å²) in [6, 6.07) is 18.2. The second-order valence-corrected chi connectivity index (χ2v) is 5.32. The van der Waals surface area contributed by atoms with Crippen molar-refractivity contribution < 1.29 is 9.66 Å². The highest BCUT2D eigenvalue weighted by atomic mass is 16.6. The van der Waals surface area contributed by atoms with Gasteiger partial charge in [-0.2, -0.15) is 4.98 Å². The number of benzene rings is 2. The summed E-state index contributed by atoms with van der Waals surface area (Å²) in [4.78, 5) is 19.0. The first kappa shape index (κ1) is 16.4. The number of nitrogens with zero attached hydrogens (tertiary/aromatic N) is 3. The highest BCUT2D eigenvalue weighted by Crippen LogP contribution is 2.35. The van der Waals surface area contributed by atoms with E-state index in [0.29, 0.717) is 5.75 Å². The molecule has 7 nitrogen and oxygen atoms in total. The van der Waals surface area contributed by atoms with Crippen molar-refractivity contribution in [3.63, 3.8) is 0 Å². The summed E-state index contributed by atoms with van der Waals surface area (Å²) >= 11 is 0. The van der Waals surface area contributed by atoms with Crippen molar-refractivity contribution in [3.8, 4) is 11.6 Å². The standard InChI is InChI=1S/C18H16N4O3/c1-13(14-8-4-2-5-9-14)21-17-16(22(23)24)18(20-12-19-17)25-15-10-6-3-7-11-15/h2-13H,1H3,(H,19,20,21). The Labute approximate surface area is 144 Å². The van der Waals surface area contributed by atoms with Gasteiger partial charge in [0.15, 0.2) is 0 Å². The molecule has 1 unspecified atom stereocenters. The van der Waals surface area contributed by atoms with Gasteiger partial charge in [-0.1, -0.05) is 48.5 Å². The van der Waals surface area contributed by atoms with E-state index >= 15 is 0 Å². The van der Waals surface area contributed by atoms with Crippen LogP contribution in [0.3, 0.4) is 0 Å². The second-order valence-electron chi connectivity index (χ2n) is 5.32. The van der Waals surface area contributed by atoms with Crippen LogP contribution in [0.4, 0.5) is 11.5 Å². The molecule has 1 atom stereocenters. The van der Waals surface area contributed by atoms with Crippen LogP contribution in [0.5, 0.6) is 11.6 Å². The number of ether oxygens (including phenoxy) is 1. The third kappa shape index (κ3) is 3.89. The molecular weight excluding hydrogens is 320 g/mol. The SMILES string of the molecule is CC(Nc1ncnc(Oc2ccccc2)c1[N+](=O)[O-])c1ccccc1. The van der Waals surface area contributed by atoms with Crippen LogP contribution >= 0.6 is 0 Å². The molecular formula is C18H16N4O3. The Kier molecular flexibility index (Phi) is 4.84. The molecule has 0 aliphatic carbocycles. The van der Waals surface area contributed by atoms with Crippen LogP contribution in [0.25, 0.3) is 0 Å². The molecule has 0 bridgehead atoms. The predicted molar refractivity (Wildman–Crippen MR) is 93.7 cm³/mol. The first-order valence-electron chi connectivity index (χ1n) is 7.69. The highest BCUT2D eigenvalue weighted by molar-refractivity contribution is 5.62. The summed E-state index contributed by atoms with van der Waals surface area (Å²) in [5.41, 5.74) is 0.690. The molecule has 3 aromatic rings. The van der Waals surface area contributed by atoms with Crippen molar-refractivity contribution in [1.29, 1.82) is 0 Å². The fraction of sp³-hybridized carbons (Fsp3) is 0.111. The van der Waals surface area contributed by atoms with E-state index in [1.54, 1.807) is 24.3 Å². The van der Waals surface area contributed by atoms with E-state index in [0.717, 1.165) is 5.56 Å². The van der Waals surface area contributed by atoms with Crippen LogP contribution in [-0.2, 0) is 0 Å². The fourth-order valence-corrected chi connectivity index (χ4v) is 2.34. The molecule has 25 heavy (non-hydrogen) atoms. The van der Waals surface area contributed by atoms with Crippen molar-refractivity contribution >= 4 is 11.5 Å². The molecule has 7 heteroatoms. The van der Waals surface area contributed by atoms with Crippen LogP contribution in [0.2, 0.25) is 0 Å². The fourth-order valence-electron chi connectivity index (χ4n) is 2.34. The number of nitro groups is 1. The monoisotopic (exact) mass is 336 g/mol. The van der Waals surface area contributed by atoms with E-state index in [4.69, 9.17) is 4.74 Å². The number of aromatic nitrogens is 2. The molecule has 1 N–H and O–H groups in total. The summed E-state index contributed by atoms with van der Waals surface area (Å²) < 4.78 is 5.57. The van der Waals surface area contributed by atoms with Gasteiger partial charge in [0, 0.05) is 0 Å². The number of nitrogens with one attached hydrogen (secondary N) is 1. The van der Waals surface area contributed by atoms with Crippen LogP contribution in [0.1, 0.15) is 18.5 Å². The summed E-state index contributed by atoms with van der Waals surface area (Å²) in [5, 5.41) is 14.6. The number of rotatable bonds is 6. The van der Waals surface area contributed by atoms with Gasteiger partial charge in [-0.15, -0.1) is 0 Å². The van der Waals surface area contributed by atoms with E-state index < -0.39 is 4.92 Å². The lowest BCUT2D eigenvalue weighted by molar-refractivity contribution is -0.385. The molecule has 0 radical (unpaired) electrons. The Morgan fingerprint density at radius 2 is 1.68 bits per heavy atom. The molecule has 0 aliphatic heterocycles. The first-order valence-corrected chi connectivity index (χ1v) is 7.69. The second kappa shape index (κ2) is 7.39. The average molecular weight is 336 g/mol. The van der Waals surface area contributed by atoms with Crippen molar-refractivity contribution in [2.75, 3.05) is 5.32 Å². The van der Waals surface area contributed by atoms with Crippen LogP contribution < -0.4 is 10.1 Å². The van der Waals surface area contributed by atoms with Crippen LogP contribution in [0, 0.1) is 10.1 Å². The summed E-state index contributed by atoms with van der Waals surface area (Å²) in [6.07, 6.45) is 1.24. The maximum absolute atomic E-state index is 11.6. The smallest absolute Gasteiger partial charge is 0.373 e. The Bertz CT molecular complexity index is 857. The summed E-state index contributed by atoms with van der Waals surface area (Å²) in [7, 11) is 0. The average Bonchev–Trinajstić information content (AvgIpc) is 2.63. The Morgan fingerprint density at radius 1 is 1.04 bits per heavy atom. The van der Waals surface area contributed by atoms with Crippen molar-refractivity contribution in [1.82, 2.24) is 9.97 Å². The molecule has 1 aromatic heterocycles. The van der Waals surface area contributed by atoms with Crippen molar-refractivity contribution in [2.45, 2.75) is 13.0 Å². The van der Waals surface area contributed by atoms with Crippen molar-refractivity contribution in [3.05, 3.63) is 82.7 Å². The number of para-hydroxylation sites is 1. The van der Waals surface area contributed by atoms with Gasteiger partial charge < -0.3 is 10.1 Å². The molecule has 3 rings (SSSR count). The maximum atomic E-state index is 11.6. The molecule has 0 aliphatic rings. The molecule has 1 heterocycles. The Balaban J connectivity index is 1.91. The third-order valence-electron chi connectivity index (χ3n) is 3.58. The maximum Gasteiger partial charge on any atom is 0.373 e. The molecule has 0 saturated heterocycles. The lowest BCUT2D eigenvalue weighted by Gasteiger charge is -2.15. The lowest BCUT2D eigenvalue weighted by Crippen LogP contribution is -2.11.